The first-order chi connectivity index (χ1) is 12.3. The highest BCUT2D eigenvalue weighted by Gasteiger charge is 2.05. The maximum atomic E-state index is 5.77. The lowest BCUT2D eigenvalue weighted by atomic mass is 10.2. The molecule has 0 radical (unpaired) electrons. The zero-order chi connectivity index (χ0) is 17.7. The van der Waals surface area contributed by atoms with Gasteiger partial charge in [0.15, 0.2) is 0 Å². The second-order valence-corrected chi connectivity index (χ2v) is 7.51. The Balaban J connectivity index is 1.77. The highest BCUT2D eigenvalue weighted by atomic mass is 32.1. The molecule has 2 rings (SSSR count). The van der Waals surface area contributed by atoms with E-state index in [0.29, 0.717) is 6.61 Å². The zero-order valence-corrected chi connectivity index (χ0v) is 16.5. The number of thiazole rings is 1. The first-order valence-corrected chi connectivity index (χ1v) is 10.5. The second-order valence-electron chi connectivity index (χ2n) is 6.39. The van der Waals surface area contributed by atoms with Crippen LogP contribution in [0.25, 0.3) is 10.6 Å². The summed E-state index contributed by atoms with van der Waals surface area (Å²) in [5.74, 6) is 0.918. The Morgan fingerprint density at radius 1 is 0.960 bits per heavy atom. The van der Waals surface area contributed by atoms with Crippen LogP contribution in [-0.2, 0) is 6.42 Å². The van der Waals surface area contributed by atoms with Crippen LogP contribution in [0.3, 0.4) is 0 Å². The molecular weight excluding hydrogens is 326 g/mol. The predicted octanol–water partition coefficient (Wildman–Crippen LogP) is 7.06. The van der Waals surface area contributed by atoms with E-state index >= 15 is 0 Å². The quantitative estimate of drug-likeness (QED) is 0.300. The van der Waals surface area contributed by atoms with Crippen LogP contribution < -0.4 is 4.74 Å². The van der Waals surface area contributed by atoms with Gasteiger partial charge < -0.3 is 4.74 Å². The van der Waals surface area contributed by atoms with Crippen LogP contribution in [0, 0.1) is 0 Å². The van der Waals surface area contributed by atoms with Gasteiger partial charge in [-0.05, 0) is 49.9 Å². The lowest BCUT2D eigenvalue weighted by molar-refractivity contribution is 0.362. The van der Waals surface area contributed by atoms with Crippen molar-refractivity contribution in [2.75, 3.05) is 6.61 Å². The number of hydrogen-bond acceptors (Lipinski definition) is 3. The van der Waals surface area contributed by atoms with E-state index < -0.39 is 0 Å². The van der Waals surface area contributed by atoms with Gasteiger partial charge in [-0.15, -0.1) is 11.3 Å². The molecule has 0 aliphatic carbocycles. The zero-order valence-electron chi connectivity index (χ0n) is 15.7. The van der Waals surface area contributed by atoms with Gasteiger partial charge in [-0.2, -0.15) is 0 Å². The molecule has 0 fully saturated rings. The minimum Gasteiger partial charge on any atom is -0.490 e. The van der Waals surface area contributed by atoms with E-state index in [4.69, 9.17) is 4.74 Å². The molecule has 0 N–H and O–H groups in total. The number of aryl methyl sites for hydroxylation is 1. The minimum atomic E-state index is 0.643. The van der Waals surface area contributed by atoms with Gasteiger partial charge in [0.1, 0.15) is 17.4 Å². The normalized spacial score (nSPS) is 11.3. The van der Waals surface area contributed by atoms with E-state index in [0.717, 1.165) is 23.6 Å². The molecular formula is C22H31NOS. The summed E-state index contributed by atoms with van der Waals surface area (Å²) in [7, 11) is 0. The Morgan fingerprint density at radius 2 is 1.72 bits per heavy atom. The topological polar surface area (TPSA) is 22.1 Å². The fraction of sp³-hybridized carbons (Fsp3) is 0.500. The van der Waals surface area contributed by atoms with Crippen LogP contribution in [0.1, 0.15) is 63.7 Å². The standard InChI is InChI=1S/C22H31NOS/c1-3-5-7-8-9-11-17-24-20-15-13-19(14-16-20)22-23-18-21(25-22)12-10-6-4-2/h9,11,13-16,18H,3-8,10,12,17H2,1-2H3. The van der Waals surface area contributed by atoms with Crippen molar-refractivity contribution in [3.8, 4) is 16.3 Å². The number of allylic oxidation sites excluding steroid dienone is 1. The molecule has 2 nitrogen and oxygen atoms in total. The molecule has 0 amide bonds. The smallest absolute Gasteiger partial charge is 0.123 e. The Labute approximate surface area is 157 Å². The van der Waals surface area contributed by atoms with Crippen LogP contribution in [0.15, 0.2) is 42.6 Å². The average molecular weight is 358 g/mol. The van der Waals surface area contributed by atoms with Crippen molar-refractivity contribution in [2.24, 2.45) is 0 Å². The van der Waals surface area contributed by atoms with Gasteiger partial charge in [0.25, 0.3) is 0 Å². The van der Waals surface area contributed by atoms with E-state index in [1.807, 2.05) is 29.7 Å². The summed E-state index contributed by atoms with van der Waals surface area (Å²) in [6.07, 6.45) is 16.4. The molecule has 0 bridgehead atoms. The summed E-state index contributed by atoms with van der Waals surface area (Å²) in [5.41, 5.74) is 1.18. The van der Waals surface area contributed by atoms with Gasteiger partial charge in [0.05, 0.1) is 0 Å². The Hall–Kier alpha value is -1.61. The first-order valence-electron chi connectivity index (χ1n) is 9.66. The van der Waals surface area contributed by atoms with Crippen molar-refractivity contribution in [1.82, 2.24) is 4.98 Å². The van der Waals surface area contributed by atoms with Crippen molar-refractivity contribution in [3.63, 3.8) is 0 Å². The number of ether oxygens (including phenoxy) is 1. The summed E-state index contributed by atoms with van der Waals surface area (Å²) < 4.78 is 5.77. The van der Waals surface area contributed by atoms with Crippen molar-refractivity contribution < 1.29 is 4.74 Å². The molecule has 1 heterocycles. The van der Waals surface area contributed by atoms with Crippen LogP contribution in [0.5, 0.6) is 5.75 Å². The van der Waals surface area contributed by atoms with Crippen molar-refractivity contribution >= 4 is 11.3 Å². The maximum absolute atomic E-state index is 5.77. The van der Waals surface area contributed by atoms with Crippen molar-refractivity contribution in [2.45, 2.75) is 65.2 Å². The number of aromatic nitrogens is 1. The van der Waals surface area contributed by atoms with E-state index in [1.165, 1.54) is 49.0 Å². The maximum Gasteiger partial charge on any atom is 0.123 e. The first kappa shape index (κ1) is 19.7. The summed E-state index contributed by atoms with van der Waals surface area (Å²) in [6.45, 7) is 5.11. The van der Waals surface area contributed by atoms with Crippen LogP contribution >= 0.6 is 11.3 Å². The SMILES string of the molecule is CCCCCC=CCOc1ccc(-c2ncc(CCCCC)s2)cc1. The third kappa shape index (κ3) is 7.43. The molecule has 1 aromatic heterocycles. The second kappa shape index (κ2) is 11.9. The van der Waals surface area contributed by atoms with Gasteiger partial charge in [0, 0.05) is 16.6 Å². The third-order valence-electron chi connectivity index (χ3n) is 4.17. The van der Waals surface area contributed by atoms with Gasteiger partial charge in [-0.1, -0.05) is 51.7 Å². The van der Waals surface area contributed by atoms with E-state index in [9.17, 15) is 0 Å². The average Bonchev–Trinajstić information content (AvgIpc) is 3.11. The largest absolute Gasteiger partial charge is 0.490 e. The minimum absolute atomic E-state index is 0.643. The molecule has 1 aromatic carbocycles. The molecule has 136 valence electrons. The Bertz CT molecular complexity index is 615. The fourth-order valence-corrected chi connectivity index (χ4v) is 3.60. The summed E-state index contributed by atoms with van der Waals surface area (Å²) in [6, 6.07) is 8.29. The van der Waals surface area contributed by atoms with Crippen LogP contribution in [0.4, 0.5) is 0 Å². The highest BCUT2D eigenvalue weighted by molar-refractivity contribution is 7.15. The number of unbranched alkanes of at least 4 members (excludes halogenated alkanes) is 5. The molecule has 0 aliphatic rings. The molecule has 3 heteroatoms. The predicted molar refractivity (Wildman–Crippen MR) is 110 cm³/mol. The highest BCUT2D eigenvalue weighted by Crippen LogP contribution is 2.27. The fourth-order valence-electron chi connectivity index (χ4n) is 2.64. The molecule has 0 spiro atoms. The lowest BCUT2D eigenvalue weighted by Gasteiger charge is -2.04. The monoisotopic (exact) mass is 357 g/mol. The molecule has 0 unspecified atom stereocenters. The number of rotatable bonds is 12. The van der Waals surface area contributed by atoms with Crippen LogP contribution in [-0.4, -0.2) is 11.6 Å². The summed E-state index contributed by atoms with van der Waals surface area (Å²) in [5, 5.41) is 1.11. The van der Waals surface area contributed by atoms with E-state index in [2.05, 4.69) is 43.1 Å². The molecule has 0 saturated carbocycles. The summed E-state index contributed by atoms with van der Waals surface area (Å²) >= 11 is 1.81. The summed E-state index contributed by atoms with van der Waals surface area (Å²) in [4.78, 5) is 5.96. The molecule has 25 heavy (non-hydrogen) atoms. The lowest BCUT2D eigenvalue weighted by Crippen LogP contribution is -1.93. The molecule has 0 aliphatic heterocycles. The van der Waals surface area contributed by atoms with Crippen LogP contribution in [0.2, 0.25) is 0 Å². The molecule has 2 aromatic rings. The number of benzene rings is 1. The molecule has 0 atom stereocenters. The number of nitrogens with zero attached hydrogens (tertiary/aromatic N) is 1. The Kier molecular flexibility index (Phi) is 9.35. The number of hydrogen-bond donors (Lipinski definition) is 0. The Morgan fingerprint density at radius 3 is 2.48 bits per heavy atom. The van der Waals surface area contributed by atoms with Gasteiger partial charge in [0.2, 0.25) is 0 Å². The van der Waals surface area contributed by atoms with Gasteiger partial charge in [-0.25, -0.2) is 4.98 Å². The van der Waals surface area contributed by atoms with Gasteiger partial charge >= 0.3 is 0 Å². The van der Waals surface area contributed by atoms with E-state index in [1.54, 1.807) is 0 Å². The van der Waals surface area contributed by atoms with E-state index in [-0.39, 0.29) is 0 Å². The van der Waals surface area contributed by atoms with Gasteiger partial charge in [-0.3, -0.25) is 0 Å². The molecule has 0 saturated heterocycles. The third-order valence-corrected chi connectivity index (χ3v) is 5.27. The van der Waals surface area contributed by atoms with Crippen molar-refractivity contribution in [3.05, 3.63) is 47.5 Å². The van der Waals surface area contributed by atoms with Crippen molar-refractivity contribution in [1.29, 1.82) is 0 Å².